The maximum Gasteiger partial charge on any atom is 0.232 e. The number of hydrogen-bond acceptors (Lipinski definition) is 4. The van der Waals surface area contributed by atoms with E-state index in [4.69, 9.17) is 0 Å². The minimum atomic E-state index is -0.491. The summed E-state index contributed by atoms with van der Waals surface area (Å²) in [6, 6.07) is 4.01. The second-order valence-corrected chi connectivity index (χ2v) is 5.83. The van der Waals surface area contributed by atoms with Crippen LogP contribution in [0.2, 0.25) is 0 Å². The number of carbonyl (C=O) groups excluding carboxylic acids is 1. The molecule has 1 unspecified atom stereocenters. The van der Waals surface area contributed by atoms with E-state index in [1.54, 1.807) is 29.8 Å². The Kier molecular flexibility index (Phi) is 6.87. The number of aromatic nitrogens is 1. The molecule has 0 aliphatic heterocycles. The number of rotatable bonds is 7. The lowest BCUT2D eigenvalue weighted by molar-refractivity contribution is -0.131. The van der Waals surface area contributed by atoms with Crippen molar-refractivity contribution in [2.24, 2.45) is 0 Å². The van der Waals surface area contributed by atoms with E-state index in [-0.39, 0.29) is 11.9 Å². The fourth-order valence-corrected chi connectivity index (χ4v) is 2.56. The number of hydrogen-bond donors (Lipinski definition) is 1. The van der Waals surface area contributed by atoms with Crippen molar-refractivity contribution in [2.45, 2.75) is 38.7 Å². The first-order valence-electron chi connectivity index (χ1n) is 6.45. The van der Waals surface area contributed by atoms with Gasteiger partial charge in [0.05, 0.1) is 11.9 Å². The fourth-order valence-electron chi connectivity index (χ4n) is 1.71. The third kappa shape index (κ3) is 6.07. The van der Waals surface area contributed by atoms with Crippen LogP contribution in [0.15, 0.2) is 24.5 Å². The highest BCUT2D eigenvalue weighted by Gasteiger charge is 2.18. The van der Waals surface area contributed by atoms with Crippen LogP contribution in [0.3, 0.4) is 0 Å². The van der Waals surface area contributed by atoms with Crippen LogP contribution in [0.5, 0.6) is 0 Å². The van der Waals surface area contributed by atoms with E-state index < -0.39 is 6.10 Å². The number of pyridine rings is 1. The van der Waals surface area contributed by atoms with Crippen LogP contribution < -0.4 is 0 Å². The Morgan fingerprint density at radius 1 is 1.47 bits per heavy atom. The molecule has 0 aliphatic carbocycles. The largest absolute Gasteiger partial charge is 0.392 e. The van der Waals surface area contributed by atoms with Crippen molar-refractivity contribution in [2.75, 3.05) is 12.3 Å². The minimum Gasteiger partial charge on any atom is -0.392 e. The van der Waals surface area contributed by atoms with Crippen molar-refractivity contribution in [3.05, 3.63) is 30.1 Å². The van der Waals surface area contributed by atoms with E-state index in [9.17, 15) is 9.90 Å². The van der Waals surface area contributed by atoms with Gasteiger partial charge in [0.2, 0.25) is 5.91 Å². The van der Waals surface area contributed by atoms with Gasteiger partial charge in [-0.3, -0.25) is 9.78 Å². The van der Waals surface area contributed by atoms with Gasteiger partial charge in [-0.25, -0.2) is 0 Å². The smallest absolute Gasteiger partial charge is 0.232 e. The monoisotopic (exact) mass is 282 g/mol. The Bertz CT molecular complexity index is 382. The highest BCUT2D eigenvalue weighted by atomic mass is 32.2. The maximum absolute atomic E-state index is 12.1. The van der Waals surface area contributed by atoms with E-state index in [1.807, 2.05) is 32.2 Å². The summed E-state index contributed by atoms with van der Waals surface area (Å²) in [6.45, 7) is 6.02. The maximum atomic E-state index is 12.1. The lowest BCUT2D eigenvalue weighted by Gasteiger charge is -2.27. The molecule has 1 amide bonds. The molecule has 106 valence electrons. The molecule has 1 N–H and O–H groups in total. The molecular formula is C14H22N2O2S. The fraction of sp³-hybridized carbons (Fsp3) is 0.571. The van der Waals surface area contributed by atoms with Gasteiger partial charge in [-0.2, -0.15) is 0 Å². The van der Waals surface area contributed by atoms with Gasteiger partial charge >= 0.3 is 0 Å². The predicted octanol–water partition coefficient (Wildman–Crippen LogP) is 1.93. The highest BCUT2D eigenvalue weighted by molar-refractivity contribution is 7.99. The summed E-state index contributed by atoms with van der Waals surface area (Å²) < 4.78 is 0. The number of aliphatic hydroxyl groups is 1. The number of aliphatic hydroxyl groups excluding tert-OH is 1. The molecule has 1 atom stereocenters. The number of amides is 1. The highest BCUT2D eigenvalue weighted by Crippen LogP contribution is 2.13. The SMILES string of the molecule is CC(O)CN(C(=O)CSCc1cccnc1)C(C)C. The van der Waals surface area contributed by atoms with E-state index in [1.165, 1.54) is 0 Å². The average Bonchev–Trinajstić information content (AvgIpc) is 2.36. The molecule has 1 aromatic heterocycles. The second-order valence-electron chi connectivity index (χ2n) is 4.84. The van der Waals surface area contributed by atoms with Gasteiger partial charge in [0.25, 0.3) is 0 Å². The molecule has 0 saturated heterocycles. The molecular weight excluding hydrogens is 260 g/mol. The van der Waals surface area contributed by atoms with Crippen LogP contribution in [0.1, 0.15) is 26.3 Å². The summed E-state index contributed by atoms with van der Waals surface area (Å²) in [5.41, 5.74) is 1.12. The number of carbonyl (C=O) groups is 1. The first-order chi connectivity index (χ1) is 9.00. The quantitative estimate of drug-likeness (QED) is 0.830. The Balaban J connectivity index is 2.40. The molecule has 0 bridgehead atoms. The second kappa shape index (κ2) is 8.17. The van der Waals surface area contributed by atoms with Crippen molar-refractivity contribution in [1.82, 2.24) is 9.88 Å². The van der Waals surface area contributed by atoms with Crippen LogP contribution in [0.25, 0.3) is 0 Å². The van der Waals surface area contributed by atoms with Gasteiger partial charge in [0, 0.05) is 30.7 Å². The van der Waals surface area contributed by atoms with E-state index in [0.717, 1.165) is 11.3 Å². The molecule has 0 radical (unpaired) electrons. The van der Waals surface area contributed by atoms with Crippen molar-refractivity contribution in [3.8, 4) is 0 Å². The van der Waals surface area contributed by atoms with Crippen LogP contribution in [0.4, 0.5) is 0 Å². The molecule has 0 fully saturated rings. The normalized spacial score (nSPS) is 12.5. The van der Waals surface area contributed by atoms with Crippen LogP contribution in [-0.4, -0.2) is 45.3 Å². The lowest BCUT2D eigenvalue weighted by Crippen LogP contribution is -2.42. The Morgan fingerprint density at radius 3 is 2.74 bits per heavy atom. The van der Waals surface area contributed by atoms with Crippen LogP contribution in [-0.2, 0) is 10.5 Å². The summed E-state index contributed by atoms with van der Waals surface area (Å²) in [6.07, 6.45) is 3.06. The van der Waals surface area contributed by atoms with Crippen molar-refractivity contribution in [3.63, 3.8) is 0 Å². The van der Waals surface area contributed by atoms with E-state index in [2.05, 4.69) is 4.98 Å². The average molecular weight is 282 g/mol. The first-order valence-corrected chi connectivity index (χ1v) is 7.60. The third-order valence-corrected chi connectivity index (χ3v) is 3.61. The summed E-state index contributed by atoms with van der Waals surface area (Å²) in [7, 11) is 0. The lowest BCUT2D eigenvalue weighted by atomic mass is 10.2. The minimum absolute atomic E-state index is 0.0739. The van der Waals surface area contributed by atoms with Gasteiger partial charge in [-0.1, -0.05) is 6.07 Å². The molecule has 0 saturated carbocycles. The topological polar surface area (TPSA) is 53.4 Å². The predicted molar refractivity (Wildman–Crippen MR) is 78.9 cm³/mol. The summed E-state index contributed by atoms with van der Waals surface area (Å²) in [5.74, 6) is 1.28. The molecule has 0 aromatic carbocycles. The molecule has 4 nitrogen and oxygen atoms in total. The van der Waals surface area contributed by atoms with Gasteiger partial charge in [-0.15, -0.1) is 11.8 Å². The third-order valence-electron chi connectivity index (χ3n) is 2.62. The summed E-state index contributed by atoms with van der Waals surface area (Å²) in [5, 5.41) is 9.42. The van der Waals surface area contributed by atoms with Crippen molar-refractivity contribution in [1.29, 1.82) is 0 Å². The van der Waals surface area contributed by atoms with Gasteiger partial charge in [0.1, 0.15) is 0 Å². The molecule has 0 aliphatic rings. The molecule has 1 rings (SSSR count). The number of nitrogens with zero attached hydrogens (tertiary/aromatic N) is 2. The molecule has 1 aromatic rings. The Labute approximate surface area is 119 Å². The van der Waals surface area contributed by atoms with Crippen LogP contribution in [0, 0.1) is 0 Å². The van der Waals surface area contributed by atoms with E-state index in [0.29, 0.717) is 12.3 Å². The van der Waals surface area contributed by atoms with Gasteiger partial charge < -0.3 is 10.0 Å². The van der Waals surface area contributed by atoms with Crippen LogP contribution >= 0.6 is 11.8 Å². The first kappa shape index (κ1) is 16.0. The summed E-state index contributed by atoms with van der Waals surface area (Å²) >= 11 is 1.57. The van der Waals surface area contributed by atoms with Crippen molar-refractivity contribution < 1.29 is 9.90 Å². The van der Waals surface area contributed by atoms with E-state index >= 15 is 0 Å². The van der Waals surface area contributed by atoms with Gasteiger partial charge in [-0.05, 0) is 32.4 Å². The zero-order valence-corrected chi connectivity index (χ0v) is 12.6. The zero-order valence-electron chi connectivity index (χ0n) is 11.7. The molecule has 1 heterocycles. The zero-order chi connectivity index (χ0) is 14.3. The van der Waals surface area contributed by atoms with Gasteiger partial charge in [0.15, 0.2) is 0 Å². The molecule has 19 heavy (non-hydrogen) atoms. The molecule has 0 spiro atoms. The molecule has 5 heteroatoms. The Hall–Kier alpha value is -1.07. The Morgan fingerprint density at radius 2 is 2.21 bits per heavy atom. The van der Waals surface area contributed by atoms with Crippen molar-refractivity contribution >= 4 is 17.7 Å². The summed E-state index contributed by atoms with van der Waals surface area (Å²) in [4.78, 5) is 17.9. The number of thioether (sulfide) groups is 1. The standard InChI is InChI=1S/C14H22N2O2S/c1-11(2)16(8-12(3)17)14(18)10-19-9-13-5-4-6-15-7-13/h4-7,11-12,17H,8-10H2,1-3H3.